The highest BCUT2D eigenvalue weighted by atomic mass is 32.2. The molecule has 2 aromatic heterocycles. The lowest BCUT2D eigenvalue weighted by atomic mass is 10.0. The molecule has 2 heterocycles. The number of carboxylic acid groups (broad SMARTS) is 1. The van der Waals surface area contributed by atoms with Crippen molar-refractivity contribution in [3.05, 3.63) is 47.0 Å². The van der Waals surface area contributed by atoms with E-state index in [1.807, 2.05) is 37.3 Å². The number of carbonyl (C=O) groups excluding carboxylic acids is 1. The van der Waals surface area contributed by atoms with E-state index < -0.39 is 16.0 Å². The van der Waals surface area contributed by atoms with Gasteiger partial charge in [-0.25, -0.2) is 8.42 Å². The summed E-state index contributed by atoms with van der Waals surface area (Å²) >= 11 is 0. The Hall–Kier alpha value is -3.44. The second-order valence-electron chi connectivity index (χ2n) is 9.72. The molecule has 1 amide bonds. The Kier molecular flexibility index (Phi) is 8.37. The number of sulfonamides is 1. The minimum atomic E-state index is -3.66. The Morgan fingerprint density at radius 3 is 2.45 bits per heavy atom. The highest BCUT2D eigenvalue weighted by Gasteiger charge is 2.34. The molecule has 0 saturated heterocycles. The van der Waals surface area contributed by atoms with Crippen molar-refractivity contribution in [1.82, 2.24) is 15.6 Å². The van der Waals surface area contributed by atoms with E-state index in [1.54, 1.807) is 7.05 Å². The number of hydrogen-bond acceptors (Lipinski definition) is 7. The second kappa shape index (κ2) is 11.5. The highest BCUT2D eigenvalue weighted by molar-refractivity contribution is 7.92. The summed E-state index contributed by atoms with van der Waals surface area (Å²) < 4.78 is 33.2. The van der Waals surface area contributed by atoms with Crippen LogP contribution in [0.1, 0.15) is 59.5 Å². The van der Waals surface area contributed by atoms with E-state index in [-0.39, 0.29) is 30.5 Å². The molecule has 10 nitrogen and oxygen atoms in total. The van der Waals surface area contributed by atoms with Crippen molar-refractivity contribution in [1.29, 1.82) is 0 Å². The van der Waals surface area contributed by atoms with Crippen molar-refractivity contribution < 1.29 is 27.5 Å². The number of pyridine rings is 1. The van der Waals surface area contributed by atoms with Crippen LogP contribution in [0.15, 0.2) is 34.7 Å². The number of hydrogen-bond donors (Lipinski definition) is 3. The number of anilines is 1. The van der Waals surface area contributed by atoms with Crippen molar-refractivity contribution in [2.45, 2.75) is 44.9 Å². The number of aromatic nitrogens is 1. The number of aryl methyl sites for hydroxylation is 1. The van der Waals surface area contributed by atoms with Gasteiger partial charge in [-0.3, -0.25) is 13.9 Å². The molecule has 1 aliphatic carbocycles. The minimum absolute atomic E-state index is 0.0862. The summed E-state index contributed by atoms with van der Waals surface area (Å²) in [5.41, 5.74) is 3.18. The smallest absolute Gasteiger partial charge is 0.303 e. The van der Waals surface area contributed by atoms with Crippen LogP contribution >= 0.6 is 0 Å². The van der Waals surface area contributed by atoms with Crippen molar-refractivity contribution in [3.8, 4) is 11.3 Å². The van der Waals surface area contributed by atoms with Crippen LogP contribution < -0.4 is 14.9 Å². The number of amides is 1. The molecule has 204 valence electrons. The second-order valence-corrected chi connectivity index (χ2v) is 11.6. The van der Waals surface area contributed by atoms with Gasteiger partial charge in [-0.15, -0.1) is 0 Å². The Balaban J connectivity index is 1.70. The molecule has 1 aliphatic rings. The summed E-state index contributed by atoms with van der Waals surface area (Å²) in [4.78, 5) is 28.3. The van der Waals surface area contributed by atoms with Crippen LogP contribution in [0, 0.1) is 6.92 Å². The van der Waals surface area contributed by atoms with Crippen molar-refractivity contribution >= 4 is 38.8 Å². The van der Waals surface area contributed by atoms with E-state index in [2.05, 4.69) is 10.6 Å². The van der Waals surface area contributed by atoms with Gasteiger partial charge in [0.25, 0.3) is 5.91 Å². The van der Waals surface area contributed by atoms with E-state index in [0.717, 1.165) is 35.8 Å². The predicted molar refractivity (Wildman–Crippen MR) is 146 cm³/mol. The summed E-state index contributed by atoms with van der Waals surface area (Å²) in [6, 6.07) is 9.50. The first-order chi connectivity index (χ1) is 18.1. The lowest BCUT2D eigenvalue weighted by Crippen LogP contribution is -2.34. The fourth-order valence-electron chi connectivity index (χ4n) is 4.45. The number of fused-ring (bicyclic) bond motifs is 1. The van der Waals surface area contributed by atoms with Crippen molar-refractivity contribution in [2.75, 3.05) is 37.2 Å². The number of rotatable bonds is 13. The number of carboxylic acids is 1. The molecule has 0 aliphatic heterocycles. The van der Waals surface area contributed by atoms with Gasteiger partial charge in [0, 0.05) is 25.6 Å². The summed E-state index contributed by atoms with van der Waals surface area (Å²) in [6.07, 6.45) is 4.10. The number of nitrogens with zero attached hydrogens (tertiary/aromatic N) is 2. The Labute approximate surface area is 222 Å². The van der Waals surface area contributed by atoms with Gasteiger partial charge >= 0.3 is 5.97 Å². The first kappa shape index (κ1) is 27.6. The molecule has 3 aromatic rings. The van der Waals surface area contributed by atoms with Gasteiger partial charge in [0.15, 0.2) is 0 Å². The van der Waals surface area contributed by atoms with Crippen LogP contribution in [-0.4, -0.2) is 63.3 Å². The molecule has 1 fully saturated rings. The molecule has 0 atom stereocenters. The summed E-state index contributed by atoms with van der Waals surface area (Å²) in [7, 11) is -2.10. The van der Waals surface area contributed by atoms with Crippen molar-refractivity contribution in [2.24, 2.45) is 0 Å². The van der Waals surface area contributed by atoms with Gasteiger partial charge in [0.1, 0.15) is 11.6 Å². The topological polar surface area (TPSA) is 142 Å². The van der Waals surface area contributed by atoms with Gasteiger partial charge in [-0.2, -0.15) is 4.98 Å². The van der Waals surface area contributed by atoms with Crippen LogP contribution in [0.5, 0.6) is 0 Å². The van der Waals surface area contributed by atoms with Gasteiger partial charge in [0.05, 0.1) is 17.2 Å². The number of carbonyl (C=O) groups is 2. The Bertz CT molecular complexity index is 1430. The molecule has 11 heteroatoms. The zero-order valence-corrected chi connectivity index (χ0v) is 22.7. The van der Waals surface area contributed by atoms with Crippen LogP contribution in [-0.2, 0) is 14.8 Å². The standard InChI is InChI=1S/C27H34N4O6S/c1-17-7-9-19(10-8-17)24-23(26(34)28-2)21-16-20(18-11-12-18)25(30-27(21)37-24)31(38(3,35)36)15-5-14-29-13-4-6-22(32)33/h7-10,16,18,29H,4-6,11-15H2,1-3H3,(H,28,34)(H,32,33). The Morgan fingerprint density at radius 2 is 1.84 bits per heavy atom. The first-order valence-corrected chi connectivity index (χ1v) is 14.6. The maximum absolute atomic E-state index is 13.0. The Morgan fingerprint density at radius 1 is 1.16 bits per heavy atom. The van der Waals surface area contributed by atoms with Crippen LogP contribution in [0.3, 0.4) is 0 Å². The monoisotopic (exact) mass is 542 g/mol. The van der Waals surface area contributed by atoms with Crippen LogP contribution in [0.2, 0.25) is 0 Å². The lowest BCUT2D eigenvalue weighted by Gasteiger charge is -2.24. The quantitative estimate of drug-likeness (QED) is 0.278. The van der Waals surface area contributed by atoms with Crippen LogP contribution in [0.4, 0.5) is 5.82 Å². The molecule has 1 saturated carbocycles. The third kappa shape index (κ3) is 6.33. The molecule has 4 rings (SSSR count). The molecule has 0 spiro atoms. The zero-order chi connectivity index (χ0) is 27.4. The molecule has 1 aromatic carbocycles. The highest BCUT2D eigenvalue weighted by Crippen LogP contribution is 2.46. The third-order valence-corrected chi connectivity index (χ3v) is 7.73. The van der Waals surface area contributed by atoms with E-state index in [0.29, 0.717) is 48.5 Å². The zero-order valence-electron chi connectivity index (χ0n) is 21.9. The van der Waals surface area contributed by atoms with Gasteiger partial charge in [-0.05, 0) is 63.2 Å². The fourth-order valence-corrected chi connectivity index (χ4v) is 5.37. The van der Waals surface area contributed by atoms with E-state index in [1.165, 1.54) is 4.31 Å². The van der Waals surface area contributed by atoms with Gasteiger partial charge < -0.3 is 20.2 Å². The molecular formula is C27H34N4O6S. The average Bonchev–Trinajstić information content (AvgIpc) is 3.64. The largest absolute Gasteiger partial charge is 0.481 e. The normalized spacial score (nSPS) is 13.6. The third-order valence-electron chi connectivity index (χ3n) is 6.57. The fraction of sp³-hybridized carbons (Fsp3) is 0.444. The van der Waals surface area contributed by atoms with E-state index >= 15 is 0 Å². The summed E-state index contributed by atoms with van der Waals surface area (Å²) in [5.74, 6) is -0.254. The first-order valence-electron chi connectivity index (χ1n) is 12.8. The number of nitrogens with one attached hydrogen (secondary N) is 2. The molecule has 38 heavy (non-hydrogen) atoms. The minimum Gasteiger partial charge on any atom is -0.481 e. The van der Waals surface area contributed by atoms with E-state index in [4.69, 9.17) is 14.5 Å². The number of benzene rings is 1. The lowest BCUT2D eigenvalue weighted by molar-refractivity contribution is -0.137. The van der Waals surface area contributed by atoms with Crippen molar-refractivity contribution in [3.63, 3.8) is 0 Å². The molecule has 0 bridgehead atoms. The van der Waals surface area contributed by atoms with Gasteiger partial charge in [0.2, 0.25) is 15.7 Å². The molecule has 0 unspecified atom stereocenters. The van der Waals surface area contributed by atoms with E-state index in [9.17, 15) is 18.0 Å². The SMILES string of the molecule is CNC(=O)c1c(-c2ccc(C)cc2)oc2nc(N(CCCNCCCC(=O)O)S(C)(=O)=O)c(C3CC3)cc12. The molecule has 3 N–H and O–H groups in total. The van der Waals surface area contributed by atoms with Gasteiger partial charge in [-0.1, -0.05) is 29.8 Å². The average molecular weight is 543 g/mol. The molecular weight excluding hydrogens is 508 g/mol. The maximum Gasteiger partial charge on any atom is 0.303 e. The molecule has 0 radical (unpaired) electrons. The number of aliphatic carboxylic acids is 1. The summed E-state index contributed by atoms with van der Waals surface area (Å²) in [6.45, 7) is 3.25. The van der Waals surface area contributed by atoms with Crippen LogP contribution in [0.25, 0.3) is 22.4 Å². The maximum atomic E-state index is 13.0. The number of furan rings is 1. The summed E-state index contributed by atoms with van der Waals surface area (Å²) in [5, 5.41) is 15.2. The predicted octanol–water partition coefficient (Wildman–Crippen LogP) is 3.65.